The summed E-state index contributed by atoms with van der Waals surface area (Å²) in [5, 5.41) is 11.4. The first-order valence-corrected chi connectivity index (χ1v) is 16.7. The molecule has 248 valence electrons. The van der Waals surface area contributed by atoms with Crippen LogP contribution >= 0.6 is 0 Å². The third-order valence-corrected chi connectivity index (χ3v) is 8.61. The van der Waals surface area contributed by atoms with Gasteiger partial charge in [-0.25, -0.2) is 9.67 Å². The predicted octanol–water partition coefficient (Wildman–Crippen LogP) is 10.5. The van der Waals surface area contributed by atoms with Gasteiger partial charge in [-0.2, -0.15) is 5.10 Å². The van der Waals surface area contributed by atoms with Gasteiger partial charge in [-0.1, -0.05) is 85.4 Å². The van der Waals surface area contributed by atoms with E-state index in [1.54, 1.807) is 12.3 Å². The van der Waals surface area contributed by atoms with Crippen molar-refractivity contribution >= 4 is 23.6 Å². The Kier molecular flexibility index (Phi) is 20.0. The van der Waals surface area contributed by atoms with E-state index in [0.29, 0.717) is 11.3 Å². The number of benzene rings is 1. The van der Waals surface area contributed by atoms with Crippen LogP contribution in [0.2, 0.25) is 0 Å². The van der Waals surface area contributed by atoms with Gasteiger partial charge < -0.3 is 15.4 Å². The smallest absolute Gasteiger partial charge is 0.130 e. The molecule has 0 saturated carbocycles. The normalized spacial score (nSPS) is 12.5. The molecule has 1 atom stereocenters. The minimum atomic E-state index is -0.143. The Balaban J connectivity index is 0.000000967. The van der Waals surface area contributed by atoms with Gasteiger partial charge in [0.05, 0.1) is 11.2 Å². The Labute approximate surface area is 270 Å². The fourth-order valence-electron chi connectivity index (χ4n) is 4.97. The number of rotatable bonds is 14. The third-order valence-electron chi connectivity index (χ3n) is 8.61. The van der Waals surface area contributed by atoms with E-state index >= 15 is 0 Å². The highest BCUT2D eigenvalue weighted by atomic mass is 16.1. The molecule has 0 aliphatic rings. The van der Waals surface area contributed by atoms with Crippen molar-refractivity contribution in [2.24, 2.45) is 16.3 Å². The molecule has 0 saturated heterocycles. The zero-order valence-corrected chi connectivity index (χ0v) is 30.3. The standard InChI is InChI=1S/C23H33N5.C13H28.C2H4O/c1-8-14-25-21(9-2)26-22-16-20(27-28(22)23(4,5)6)13-11-18-15-19(24-7)12-10-17(18)3;1-6-12(5)10-11-13(7-2,8-3)9-4;1-2-3/h8-10,12,14-16,24H,2,11,13H2,1,3-7H3,(H,25,26);12H,6-11H2,1-5H3;2H,1H3/b14-8-;;. The van der Waals surface area contributed by atoms with Crippen molar-refractivity contribution in [1.29, 1.82) is 0 Å². The van der Waals surface area contributed by atoms with Gasteiger partial charge >= 0.3 is 0 Å². The van der Waals surface area contributed by atoms with Crippen molar-refractivity contribution in [2.75, 3.05) is 17.7 Å². The van der Waals surface area contributed by atoms with Gasteiger partial charge in [-0.15, -0.1) is 0 Å². The van der Waals surface area contributed by atoms with Crippen LogP contribution in [0.5, 0.6) is 0 Å². The van der Waals surface area contributed by atoms with Gasteiger partial charge in [-0.3, -0.25) is 0 Å². The Morgan fingerprint density at radius 3 is 2.16 bits per heavy atom. The molecular formula is C38H65N5O. The molecule has 0 aliphatic carbocycles. The SMILES string of the molecule is C=CC(=N/C=C\C)Nc1cc(CCc2cc(NC)ccc2C)nn1C(C)(C)C.CC=O.CCC(C)CCC(CC)(CC)CC. The summed E-state index contributed by atoms with van der Waals surface area (Å²) in [7, 11) is 1.95. The van der Waals surface area contributed by atoms with Gasteiger partial charge in [0.25, 0.3) is 0 Å². The van der Waals surface area contributed by atoms with Crippen LogP contribution in [0.15, 0.2) is 54.2 Å². The van der Waals surface area contributed by atoms with Gasteiger partial charge in [0.2, 0.25) is 0 Å². The minimum Gasteiger partial charge on any atom is -0.388 e. The molecular weight excluding hydrogens is 542 g/mol. The lowest BCUT2D eigenvalue weighted by Crippen LogP contribution is -2.26. The van der Waals surface area contributed by atoms with Crippen molar-refractivity contribution in [3.8, 4) is 0 Å². The number of aromatic nitrogens is 2. The van der Waals surface area contributed by atoms with Crippen molar-refractivity contribution < 1.29 is 4.79 Å². The number of hydrogen-bond acceptors (Lipinski definition) is 4. The van der Waals surface area contributed by atoms with Gasteiger partial charge in [0.1, 0.15) is 17.9 Å². The Morgan fingerprint density at radius 1 is 1.07 bits per heavy atom. The summed E-state index contributed by atoms with van der Waals surface area (Å²) < 4.78 is 2.02. The molecule has 2 N–H and O–H groups in total. The summed E-state index contributed by atoms with van der Waals surface area (Å²) in [5.41, 5.74) is 5.35. The maximum absolute atomic E-state index is 8.81. The highest BCUT2D eigenvalue weighted by Crippen LogP contribution is 2.36. The lowest BCUT2D eigenvalue weighted by atomic mass is 9.74. The van der Waals surface area contributed by atoms with Crippen molar-refractivity contribution in [1.82, 2.24) is 9.78 Å². The Hall–Kier alpha value is -3.15. The maximum Gasteiger partial charge on any atom is 0.130 e. The number of aldehydes is 1. The maximum atomic E-state index is 8.81. The highest BCUT2D eigenvalue weighted by Gasteiger charge is 2.24. The van der Waals surface area contributed by atoms with E-state index in [2.05, 4.69) is 109 Å². The van der Waals surface area contributed by atoms with Gasteiger partial charge in [0, 0.05) is 25.0 Å². The fraction of sp³-hybridized carbons (Fsp3) is 0.605. The number of nitrogens with one attached hydrogen (secondary N) is 2. The first kappa shape index (κ1) is 40.9. The van der Waals surface area contributed by atoms with Crippen molar-refractivity contribution in [3.63, 3.8) is 0 Å². The second-order valence-corrected chi connectivity index (χ2v) is 12.7. The zero-order chi connectivity index (χ0) is 33.8. The van der Waals surface area contributed by atoms with Crippen LogP contribution in [-0.2, 0) is 23.2 Å². The molecule has 0 bridgehead atoms. The fourth-order valence-corrected chi connectivity index (χ4v) is 4.97. The monoisotopic (exact) mass is 608 g/mol. The van der Waals surface area contributed by atoms with Crippen LogP contribution in [0.1, 0.15) is 125 Å². The summed E-state index contributed by atoms with van der Waals surface area (Å²) in [4.78, 5) is 13.2. The molecule has 0 amide bonds. The molecule has 6 nitrogen and oxygen atoms in total. The van der Waals surface area contributed by atoms with Crippen LogP contribution in [0.4, 0.5) is 11.5 Å². The molecule has 2 rings (SSSR count). The van der Waals surface area contributed by atoms with Crippen LogP contribution in [-0.4, -0.2) is 28.9 Å². The summed E-state index contributed by atoms with van der Waals surface area (Å²) in [6.45, 7) is 27.6. The molecule has 1 unspecified atom stereocenters. The molecule has 1 aromatic heterocycles. The van der Waals surface area contributed by atoms with Crippen molar-refractivity contribution in [2.45, 2.75) is 133 Å². The van der Waals surface area contributed by atoms with Gasteiger partial charge in [-0.05, 0) is 101 Å². The first-order chi connectivity index (χ1) is 20.8. The number of carbonyl (C=O) groups excluding carboxylic acids is 1. The second kappa shape index (κ2) is 21.5. The molecule has 0 radical (unpaired) electrons. The number of nitrogens with zero attached hydrogens (tertiary/aromatic N) is 3. The lowest BCUT2D eigenvalue weighted by molar-refractivity contribution is -0.106. The Bertz CT molecular complexity index is 1140. The molecule has 2 aromatic rings. The lowest BCUT2D eigenvalue weighted by Gasteiger charge is -2.31. The summed E-state index contributed by atoms with van der Waals surface area (Å²) in [6.07, 6.45) is 16.2. The average Bonchev–Trinajstić information content (AvgIpc) is 3.43. The minimum absolute atomic E-state index is 0.143. The molecule has 1 heterocycles. The molecule has 0 fully saturated rings. The molecule has 1 aromatic carbocycles. The summed E-state index contributed by atoms with van der Waals surface area (Å²) in [5.74, 6) is 2.54. The highest BCUT2D eigenvalue weighted by molar-refractivity contribution is 6.03. The predicted molar refractivity (Wildman–Crippen MR) is 195 cm³/mol. The number of anilines is 2. The number of allylic oxidation sites excluding steroid dienone is 1. The molecule has 44 heavy (non-hydrogen) atoms. The molecule has 6 heteroatoms. The second-order valence-electron chi connectivity index (χ2n) is 12.7. The van der Waals surface area contributed by atoms with E-state index in [9.17, 15) is 0 Å². The van der Waals surface area contributed by atoms with Crippen LogP contribution in [0.25, 0.3) is 0 Å². The van der Waals surface area contributed by atoms with E-state index in [1.165, 1.54) is 56.6 Å². The van der Waals surface area contributed by atoms with E-state index < -0.39 is 0 Å². The Morgan fingerprint density at radius 2 is 1.68 bits per heavy atom. The van der Waals surface area contributed by atoms with Crippen LogP contribution in [0, 0.1) is 18.3 Å². The topological polar surface area (TPSA) is 71.3 Å². The van der Waals surface area contributed by atoms with E-state index in [4.69, 9.17) is 9.89 Å². The van der Waals surface area contributed by atoms with Crippen molar-refractivity contribution in [3.05, 3.63) is 66.0 Å². The quantitative estimate of drug-likeness (QED) is 0.127. The third kappa shape index (κ3) is 14.5. The summed E-state index contributed by atoms with van der Waals surface area (Å²) >= 11 is 0. The largest absolute Gasteiger partial charge is 0.388 e. The van der Waals surface area contributed by atoms with E-state index in [1.807, 2.05) is 24.7 Å². The number of aryl methyl sites for hydroxylation is 3. The number of carbonyl (C=O) groups is 1. The number of amidine groups is 1. The van der Waals surface area contributed by atoms with Crippen LogP contribution in [0.3, 0.4) is 0 Å². The van der Waals surface area contributed by atoms with E-state index in [-0.39, 0.29) is 5.54 Å². The molecule has 0 aliphatic heterocycles. The summed E-state index contributed by atoms with van der Waals surface area (Å²) in [6, 6.07) is 8.60. The first-order valence-electron chi connectivity index (χ1n) is 16.7. The number of aliphatic imine (C=N–C) groups is 1. The average molecular weight is 608 g/mol. The molecule has 0 spiro atoms. The number of hydrogen-bond donors (Lipinski definition) is 2. The van der Waals surface area contributed by atoms with Gasteiger partial charge in [0.15, 0.2) is 0 Å². The zero-order valence-electron chi connectivity index (χ0n) is 30.3. The van der Waals surface area contributed by atoms with E-state index in [0.717, 1.165) is 42.2 Å². The van der Waals surface area contributed by atoms with Crippen LogP contribution < -0.4 is 10.6 Å².